The first-order chi connectivity index (χ1) is 10.2. The van der Waals surface area contributed by atoms with Gasteiger partial charge in [-0.2, -0.15) is 0 Å². The number of benzene rings is 1. The Morgan fingerprint density at radius 3 is 2.50 bits per heavy atom. The van der Waals surface area contributed by atoms with Crippen molar-refractivity contribution in [1.82, 2.24) is 4.98 Å². The third kappa shape index (κ3) is 5.40. The highest BCUT2D eigenvalue weighted by Crippen LogP contribution is 2.14. The number of anilines is 1. The Labute approximate surface area is 146 Å². The van der Waals surface area contributed by atoms with Crippen LogP contribution in [0.15, 0.2) is 47.5 Å². The molecule has 1 heterocycles. The summed E-state index contributed by atoms with van der Waals surface area (Å²) in [6.45, 7) is 0.381. The number of nitrogens with zero attached hydrogens (tertiary/aromatic N) is 2. The molecule has 6 nitrogen and oxygen atoms in total. The zero-order chi connectivity index (χ0) is 15.1. The van der Waals surface area contributed by atoms with Crippen molar-refractivity contribution in [2.24, 2.45) is 10.7 Å². The summed E-state index contributed by atoms with van der Waals surface area (Å²) in [7, 11) is 3.20. The molecule has 1 aromatic heterocycles. The number of nitrogens with one attached hydrogen (secondary N) is 1. The Bertz CT molecular complexity index is 617. The van der Waals surface area contributed by atoms with E-state index >= 15 is 0 Å². The minimum absolute atomic E-state index is 0. The maximum atomic E-state index is 5.84. The van der Waals surface area contributed by atoms with E-state index in [1.807, 2.05) is 36.4 Å². The topological polar surface area (TPSA) is 81.8 Å². The van der Waals surface area contributed by atoms with Gasteiger partial charge in [-0.05, 0) is 30.3 Å². The number of aliphatic imine (C=N–C) groups is 1. The molecule has 0 aliphatic rings. The van der Waals surface area contributed by atoms with Crippen LogP contribution in [0.25, 0.3) is 0 Å². The van der Waals surface area contributed by atoms with Crippen LogP contribution in [0.4, 0.5) is 5.69 Å². The molecule has 0 spiro atoms. The van der Waals surface area contributed by atoms with E-state index in [-0.39, 0.29) is 24.0 Å². The molecule has 0 saturated carbocycles. The third-order valence-corrected chi connectivity index (χ3v) is 2.76. The van der Waals surface area contributed by atoms with Crippen LogP contribution in [0.2, 0.25) is 0 Å². The number of aromatic nitrogens is 1. The molecule has 7 heteroatoms. The Morgan fingerprint density at radius 1 is 1.14 bits per heavy atom. The Morgan fingerprint density at radius 2 is 1.86 bits per heavy atom. The van der Waals surface area contributed by atoms with Crippen LogP contribution in [0, 0.1) is 0 Å². The Hall–Kier alpha value is -2.03. The monoisotopic (exact) mass is 414 g/mol. The first kappa shape index (κ1) is 18.0. The van der Waals surface area contributed by atoms with E-state index in [4.69, 9.17) is 15.2 Å². The lowest BCUT2D eigenvalue weighted by Crippen LogP contribution is -2.22. The van der Waals surface area contributed by atoms with Crippen molar-refractivity contribution in [1.29, 1.82) is 0 Å². The first-order valence-corrected chi connectivity index (χ1v) is 6.42. The van der Waals surface area contributed by atoms with Gasteiger partial charge < -0.3 is 20.5 Å². The van der Waals surface area contributed by atoms with Gasteiger partial charge in [-0.3, -0.25) is 0 Å². The fourth-order valence-corrected chi connectivity index (χ4v) is 1.69. The minimum Gasteiger partial charge on any atom is -0.497 e. The fourth-order valence-electron chi connectivity index (χ4n) is 1.69. The van der Waals surface area contributed by atoms with E-state index in [9.17, 15) is 0 Å². The summed E-state index contributed by atoms with van der Waals surface area (Å²) in [4.78, 5) is 8.51. The number of guanidine groups is 1. The first-order valence-electron chi connectivity index (χ1n) is 6.42. The molecular formula is C15H19IN4O2. The summed E-state index contributed by atoms with van der Waals surface area (Å²) in [5.74, 6) is 1.67. The summed E-state index contributed by atoms with van der Waals surface area (Å²) in [5, 5.41) is 3.01. The number of ether oxygens (including phenoxy) is 2. The number of pyridine rings is 1. The summed E-state index contributed by atoms with van der Waals surface area (Å²) < 4.78 is 10.2. The molecule has 22 heavy (non-hydrogen) atoms. The van der Waals surface area contributed by atoms with Gasteiger partial charge in [-0.25, -0.2) is 9.98 Å². The van der Waals surface area contributed by atoms with Crippen LogP contribution in [0.3, 0.4) is 0 Å². The van der Waals surface area contributed by atoms with Crippen molar-refractivity contribution in [3.05, 3.63) is 48.2 Å². The van der Waals surface area contributed by atoms with Gasteiger partial charge in [0.1, 0.15) is 5.75 Å². The Balaban J connectivity index is 0.00000242. The van der Waals surface area contributed by atoms with Crippen LogP contribution < -0.4 is 20.5 Å². The number of nitrogens with two attached hydrogens (primary N) is 1. The smallest absolute Gasteiger partial charge is 0.213 e. The molecule has 0 aliphatic carbocycles. The Kier molecular flexibility index (Phi) is 7.44. The van der Waals surface area contributed by atoms with Crippen LogP contribution >= 0.6 is 24.0 Å². The molecule has 1 aromatic carbocycles. The van der Waals surface area contributed by atoms with Gasteiger partial charge >= 0.3 is 0 Å². The molecule has 0 bridgehead atoms. The molecule has 0 amide bonds. The maximum Gasteiger partial charge on any atom is 0.213 e. The highest BCUT2D eigenvalue weighted by Gasteiger charge is 1.99. The molecule has 0 radical (unpaired) electrons. The van der Waals surface area contributed by atoms with Gasteiger partial charge in [-0.1, -0.05) is 6.07 Å². The summed E-state index contributed by atoms with van der Waals surface area (Å²) >= 11 is 0. The molecule has 0 unspecified atom stereocenters. The minimum atomic E-state index is 0. The molecule has 0 aliphatic heterocycles. The van der Waals surface area contributed by atoms with Gasteiger partial charge in [0.25, 0.3) is 0 Å². The second-order valence-corrected chi connectivity index (χ2v) is 4.23. The van der Waals surface area contributed by atoms with E-state index in [1.54, 1.807) is 20.3 Å². The zero-order valence-electron chi connectivity index (χ0n) is 12.4. The van der Waals surface area contributed by atoms with Crippen molar-refractivity contribution in [3.63, 3.8) is 0 Å². The van der Waals surface area contributed by atoms with Crippen LogP contribution in [-0.4, -0.2) is 25.2 Å². The summed E-state index contributed by atoms with van der Waals surface area (Å²) in [6, 6.07) is 12.9. The van der Waals surface area contributed by atoms with E-state index in [0.29, 0.717) is 18.4 Å². The molecule has 2 aromatic rings. The van der Waals surface area contributed by atoms with Gasteiger partial charge in [0.2, 0.25) is 5.88 Å². The van der Waals surface area contributed by atoms with Crippen LogP contribution in [0.5, 0.6) is 11.6 Å². The van der Waals surface area contributed by atoms with Crippen LogP contribution in [-0.2, 0) is 6.54 Å². The maximum absolute atomic E-state index is 5.84. The number of hydrogen-bond donors (Lipinski definition) is 2. The summed E-state index contributed by atoms with van der Waals surface area (Å²) in [5.41, 5.74) is 7.47. The lowest BCUT2D eigenvalue weighted by Gasteiger charge is -2.07. The SMILES string of the molecule is COc1ccc(NC(N)=NCc2cccc(OC)n2)cc1.I. The number of hydrogen-bond acceptors (Lipinski definition) is 4. The van der Waals surface area contributed by atoms with E-state index < -0.39 is 0 Å². The van der Waals surface area contributed by atoms with E-state index in [2.05, 4.69) is 15.3 Å². The molecule has 0 fully saturated rings. The number of halogens is 1. The molecule has 3 N–H and O–H groups in total. The van der Waals surface area contributed by atoms with Gasteiger partial charge in [0, 0.05) is 11.8 Å². The molecule has 0 atom stereocenters. The lowest BCUT2D eigenvalue weighted by molar-refractivity contribution is 0.396. The van der Waals surface area contributed by atoms with Crippen molar-refractivity contribution in [3.8, 4) is 11.6 Å². The zero-order valence-corrected chi connectivity index (χ0v) is 14.8. The largest absolute Gasteiger partial charge is 0.497 e. The van der Waals surface area contributed by atoms with Gasteiger partial charge in [-0.15, -0.1) is 24.0 Å². The molecular weight excluding hydrogens is 395 g/mol. The van der Waals surface area contributed by atoms with E-state index in [1.165, 1.54) is 0 Å². The molecule has 118 valence electrons. The highest BCUT2D eigenvalue weighted by molar-refractivity contribution is 14.0. The molecule has 2 rings (SSSR count). The van der Waals surface area contributed by atoms with Crippen LogP contribution in [0.1, 0.15) is 5.69 Å². The van der Waals surface area contributed by atoms with Crippen molar-refractivity contribution < 1.29 is 9.47 Å². The predicted molar refractivity (Wildman–Crippen MR) is 98.1 cm³/mol. The summed E-state index contributed by atoms with van der Waals surface area (Å²) in [6.07, 6.45) is 0. The third-order valence-electron chi connectivity index (χ3n) is 2.76. The number of rotatable bonds is 5. The predicted octanol–water partition coefficient (Wildman–Crippen LogP) is 2.64. The second kappa shape index (κ2) is 9.08. The highest BCUT2D eigenvalue weighted by atomic mass is 127. The second-order valence-electron chi connectivity index (χ2n) is 4.23. The average molecular weight is 414 g/mol. The fraction of sp³-hybridized carbons (Fsp3) is 0.200. The lowest BCUT2D eigenvalue weighted by atomic mass is 10.3. The number of methoxy groups -OCH3 is 2. The standard InChI is InChI=1S/C15H18N4O2.HI/c1-20-13-8-6-11(7-9-13)19-15(16)17-10-12-4-3-5-14(18-12)21-2;/h3-9H,10H2,1-2H3,(H3,16,17,19);1H. The van der Waals surface area contributed by atoms with Crippen molar-refractivity contribution in [2.45, 2.75) is 6.54 Å². The van der Waals surface area contributed by atoms with Gasteiger partial charge in [0.15, 0.2) is 5.96 Å². The van der Waals surface area contributed by atoms with Crippen molar-refractivity contribution >= 4 is 35.6 Å². The quantitative estimate of drug-likeness (QED) is 0.447. The van der Waals surface area contributed by atoms with Gasteiger partial charge in [0.05, 0.1) is 26.5 Å². The van der Waals surface area contributed by atoms with Crippen molar-refractivity contribution in [2.75, 3.05) is 19.5 Å². The average Bonchev–Trinajstić information content (AvgIpc) is 2.54. The van der Waals surface area contributed by atoms with E-state index in [0.717, 1.165) is 17.1 Å². The normalized spacial score (nSPS) is 10.5. The molecule has 0 saturated heterocycles.